The van der Waals surface area contributed by atoms with Gasteiger partial charge in [-0.2, -0.15) is 0 Å². The second-order valence-electron chi connectivity index (χ2n) is 7.16. The molecule has 0 bridgehead atoms. The van der Waals surface area contributed by atoms with E-state index in [4.69, 9.17) is 6.58 Å². The molecular weight excluding hydrogens is 288 g/mol. The molecule has 24 heavy (non-hydrogen) atoms. The molecule has 0 aliphatic heterocycles. The van der Waals surface area contributed by atoms with Gasteiger partial charge in [0, 0.05) is 0 Å². The highest BCUT2D eigenvalue weighted by molar-refractivity contribution is 6.23. The topological polar surface area (TPSA) is 0 Å². The number of hydrogen-bond acceptors (Lipinski definition) is 0. The lowest BCUT2D eigenvalue weighted by molar-refractivity contribution is 0.683. The molecule has 4 rings (SSSR count). The van der Waals surface area contributed by atoms with Crippen LogP contribution in [0.15, 0.2) is 60.2 Å². The van der Waals surface area contributed by atoms with Crippen LogP contribution in [0, 0.1) is 12.5 Å². The van der Waals surface area contributed by atoms with E-state index in [0.717, 1.165) is 24.8 Å². The van der Waals surface area contributed by atoms with Crippen molar-refractivity contribution in [1.29, 1.82) is 0 Å². The predicted octanol–water partition coefficient (Wildman–Crippen LogP) is 6.92. The number of rotatable bonds is 5. The van der Waals surface area contributed by atoms with Gasteiger partial charge in [0.05, 0.1) is 0 Å². The number of benzene rings is 4. The van der Waals surface area contributed by atoms with E-state index in [1.807, 2.05) is 0 Å². The van der Waals surface area contributed by atoms with Crippen molar-refractivity contribution in [2.45, 2.75) is 33.1 Å². The summed E-state index contributed by atoms with van der Waals surface area (Å²) in [5, 5.41) is 8.23. The minimum Gasteiger partial charge on any atom is -0.0677 e. The summed E-state index contributed by atoms with van der Waals surface area (Å²) in [5.41, 5.74) is 2.56. The minimum atomic E-state index is 0.478. The van der Waals surface area contributed by atoms with Gasteiger partial charge in [-0.3, -0.25) is 0 Å². The van der Waals surface area contributed by atoms with Gasteiger partial charge in [-0.15, -0.1) is 0 Å². The van der Waals surface area contributed by atoms with Gasteiger partial charge in [0.1, 0.15) is 0 Å². The molecule has 0 aromatic heterocycles. The van der Waals surface area contributed by atoms with E-state index in [9.17, 15) is 0 Å². The molecular formula is C24H23. The number of aryl methyl sites for hydroxylation is 1. The highest BCUT2D eigenvalue weighted by Crippen LogP contribution is 2.36. The molecule has 0 saturated carbocycles. The van der Waals surface area contributed by atoms with Crippen LogP contribution in [-0.2, 0) is 6.42 Å². The van der Waals surface area contributed by atoms with Crippen molar-refractivity contribution in [3.63, 3.8) is 0 Å². The minimum absolute atomic E-state index is 0.478. The molecule has 0 heteroatoms. The van der Waals surface area contributed by atoms with Crippen molar-refractivity contribution in [3.8, 4) is 0 Å². The molecule has 0 heterocycles. The first-order valence-corrected chi connectivity index (χ1v) is 8.92. The van der Waals surface area contributed by atoms with Crippen LogP contribution >= 0.6 is 0 Å². The molecule has 4 aromatic rings. The third-order valence-electron chi connectivity index (χ3n) is 5.27. The molecule has 0 nitrogen and oxygen atoms in total. The fraction of sp³-hybridized carbons (Fsp3) is 0.250. The Balaban J connectivity index is 1.78. The van der Waals surface area contributed by atoms with Crippen LogP contribution in [0.1, 0.15) is 32.3 Å². The Morgan fingerprint density at radius 1 is 0.833 bits per heavy atom. The van der Waals surface area contributed by atoms with E-state index < -0.39 is 0 Å². The van der Waals surface area contributed by atoms with Crippen LogP contribution in [0.5, 0.6) is 0 Å². The first-order valence-electron chi connectivity index (χ1n) is 8.92. The molecule has 0 saturated heterocycles. The molecule has 0 aliphatic carbocycles. The Kier molecular flexibility index (Phi) is 3.76. The maximum Gasteiger partial charge on any atom is -0.00240 e. The summed E-state index contributed by atoms with van der Waals surface area (Å²) in [6.07, 6.45) is 3.22. The van der Waals surface area contributed by atoms with Crippen molar-refractivity contribution < 1.29 is 0 Å². The van der Waals surface area contributed by atoms with Gasteiger partial charge in [0.15, 0.2) is 0 Å². The third-order valence-corrected chi connectivity index (χ3v) is 5.27. The highest BCUT2D eigenvalue weighted by Gasteiger charge is 2.10. The molecule has 0 fully saturated rings. The van der Waals surface area contributed by atoms with Crippen molar-refractivity contribution in [2.24, 2.45) is 5.92 Å². The largest absolute Gasteiger partial charge is 0.0677 e. The quantitative estimate of drug-likeness (QED) is 0.351. The SMILES string of the molecule is [CH]=C(CCCc1ccc2ccc3cccc4ccc1c2c34)C(C)C. The molecule has 0 unspecified atom stereocenters. The molecule has 119 valence electrons. The molecule has 4 aromatic carbocycles. The van der Waals surface area contributed by atoms with E-state index in [1.54, 1.807) is 0 Å². The van der Waals surface area contributed by atoms with Gasteiger partial charge in [0.2, 0.25) is 0 Å². The summed E-state index contributed by atoms with van der Waals surface area (Å²) < 4.78 is 0. The fourth-order valence-electron chi connectivity index (χ4n) is 3.79. The van der Waals surface area contributed by atoms with Crippen molar-refractivity contribution in [3.05, 3.63) is 72.3 Å². The summed E-state index contributed by atoms with van der Waals surface area (Å²) in [6, 6.07) is 20.2. The van der Waals surface area contributed by atoms with Gasteiger partial charge in [-0.25, -0.2) is 0 Å². The third kappa shape index (κ3) is 2.47. The van der Waals surface area contributed by atoms with E-state index in [0.29, 0.717) is 5.92 Å². The van der Waals surface area contributed by atoms with Gasteiger partial charge in [0.25, 0.3) is 0 Å². The lowest BCUT2D eigenvalue weighted by Crippen LogP contribution is -1.95. The lowest BCUT2D eigenvalue weighted by atomic mass is 9.90. The molecule has 0 atom stereocenters. The fourth-order valence-corrected chi connectivity index (χ4v) is 3.79. The van der Waals surface area contributed by atoms with Crippen LogP contribution in [0.3, 0.4) is 0 Å². The summed E-state index contributed by atoms with van der Waals surface area (Å²) in [6.45, 7) is 10.5. The predicted molar refractivity (Wildman–Crippen MR) is 106 cm³/mol. The summed E-state index contributed by atoms with van der Waals surface area (Å²) in [5.74, 6) is 0.478. The number of allylic oxidation sites excluding steroid dienone is 1. The lowest BCUT2D eigenvalue weighted by Gasteiger charge is -2.14. The first kappa shape index (κ1) is 15.2. The molecule has 0 amide bonds. The Labute approximate surface area is 144 Å². The molecule has 1 radical (unpaired) electrons. The van der Waals surface area contributed by atoms with Gasteiger partial charge in [-0.1, -0.05) is 80.6 Å². The second kappa shape index (κ2) is 5.94. The molecule has 0 aliphatic rings. The second-order valence-corrected chi connectivity index (χ2v) is 7.16. The van der Waals surface area contributed by atoms with Gasteiger partial charge >= 0.3 is 0 Å². The van der Waals surface area contributed by atoms with Crippen molar-refractivity contribution in [1.82, 2.24) is 0 Å². The van der Waals surface area contributed by atoms with Gasteiger partial charge < -0.3 is 0 Å². The molecule has 0 N–H and O–H groups in total. The van der Waals surface area contributed by atoms with Crippen LogP contribution in [0.25, 0.3) is 32.3 Å². The van der Waals surface area contributed by atoms with Crippen LogP contribution in [0.4, 0.5) is 0 Å². The van der Waals surface area contributed by atoms with E-state index >= 15 is 0 Å². The zero-order chi connectivity index (χ0) is 16.7. The Morgan fingerprint density at radius 3 is 2.17 bits per heavy atom. The Bertz CT molecular complexity index is 1000. The number of hydrogen-bond donors (Lipinski definition) is 0. The molecule has 0 spiro atoms. The monoisotopic (exact) mass is 311 g/mol. The van der Waals surface area contributed by atoms with Crippen molar-refractivity contribution in [2.75, 3.05) is 0 Å². The summed E-state index contributed by atoms with van der Waals surface area (Å²) in [4.78, 5) is 0. The zero-order valence-corrected chi connectivity index (χ0v) is 14.5. The van der Waals surface area contributed by atoms with Crippen LogP contribution in [0.2, 0.25) is 0 Å². The summed E-state index contributed by atoms with van der Waals surface area (Å²) >= 11 is 0. The first-order chi connectivity index (χ1) is 11.6. The Hall–Kier alpha value is -2.34. The van der Waals surface area contributed by atoms with Crippen molar-refractivity contribution >= 4 is 32.3 Å². The van der Waals surface area contributed by atoms with E-state index in [2.05, 4.69) is 68.4 Å². The van der Waals surface area contributed by atoms with Crippen LogP contribution < -0.4 is 0 Å². The highest BCUT2D eigenvalue weighted by atomic mass is 14.1. The summed E-state index contributed by atoms with van der Waals surface area (Å²) in [7, 11) is 0. The van der Waals surface area contributed by atoms with Crippen LogP contribution in [-0.4, -0.2) is 0 Å². The van der Waals surface area contributed by atoms with E-state index in [1.165, 1.54) is 37.9 Å². The van der Waals surface area contributed by atoms with E-state index in [-0.39, 0.29) is 0 Å². The average Bonchev–Trinajstić information content (AvgIpc) is 2.60. The maximum absolute atomic E-state index is 6.13. The zero-order valence-electron chi connectivity index (χ0n) is 14.5. The van der Waals surface area contributed by atoms with Gasteiger partial charge in [-0.05, 0) is 63.1 Å². The Morgan fingerprint density at radius 2 is 1.46 bits per heavy atom. The maximum atomic E-state index is 6.13. The average molecular weight is 311 g/mol. The standard InChI is InChI=1S/C24H23/c1-16(2)17(3)6-4-7-18-10-11-21-13-12-19-8-5-9-20-14-15-22(18)24(21)23(19)20/h3,5,8-16H,4,6-7H2,1-2H3. The smallest absolute Gasteiger partial charge is 0.00240 e. The normalized spacial score (nSPS) is 12.0.